The highest BCUT2D eigenvalue weighted by atomic mass is 35.5. The van der Waals surface area contributed by atoms with Crippen molar-refractivity contribution in [3.63, 3.8) is 0 Å². The monoisotopic (exact) mass is 637 g/mol. The van der Waals surface area contributed by atoms with E-state index in [9.17, 15) is 9.18 Å². The lowest BCUT2D eigenvalue weighted by Crippen LogP contribution is -2.49. The Bertz CT molecular complexity index is 1530. The third-order valence-electron chi connectivity index (χ3n) is 8.50. The maximum absolute atomic E-state index is 14.8. The Morgan fingerprint density at radius 2 is 1.87 bits per heavy atom. The average Bonchev–Trinajstić information content (AvgIpc) is 3.55. The van der Waals surface area contributed by atoms with Gasteiger partial charge in [0.1, 0.15) is 23.7 Å². The van der Waals surface area contributed by atoms with Crippen LogP contribution in [0.3, 0.4) is 0 Å². The van der Waals surface area contributed by atoms with Crippen LogP contribution in [0.25, 0.3) is 0 Å². The minimum Gasteiger partial charge on any atom is -0.494 e. The first kappa shape index (κ1) is 31.0. The van der Waals surface area contributed by atoms with E-state index in [0.29, 0.717) is 58.4 Å². The van der Waals surface area contributed by atoms with Crippen molar-refractivity contribution in [1.82, 2.24) is 14.9 Å². The van der Waals surface area contributed by atoms with Gasteiger partial charge in [-0.25, -0.2) is 19.4 Å². The fourth-order valence-corrected chi connectivity index (χ4v) is 6.38. The van der Waals surface area contributed by atoms with Crippen molar-refractivity contribution in [2.24, 2.45) is 0 Å². The number of ether oxygens (including phenoxy) is 2. The van der Waals surface area contributed by atoms with Crippen LogP contribution in [0.2, 0.25) is 5.02 Å². The predicted octanol–water partition coefficient (Wildman–Crippen LogP) is 5.33. The summed E-state index contributed by atoms with van der Waals surface area (Å²) >= 11 is 5.98. The smallest absolute Gasteiger partial charge is 0.247 e. The quantitative estimate of drug-likeness (QED) is 0.299. The van der Waals surface area contributed by atoms with Crippen molar-refractivity contribution >= 4 is 46.2 Å². The summed E-state index contributed by atoms with van der Waals surface area (Å²) in [7, 11) is 1.60. The van der Waals surface area contributed by atoms with Crippen LogP contribution in [-0.4, -0.2) is 79.9 Å². The summed E-state index contributed by atoms with van der Waals surface area (Å²) in [6.45, 7) is 9.21. The number of nitrogens with zero attached hydrogens (tertiary/aromatic N) is 5. The molecular weight excluding hydrogens is 601 g/mol. The third kappa shape index (κ3) is 6.99. The second-order valence-corrected chi connectivity index (χ2v) is 11.6. The molecule has 3 saturated heterocycles. The van der Waals surface area contributed by atoms with Gasteiger partial charge in [-0.3, -0.25) is 14.5 Å². The molecular formula is C32H37ClFN7O4. The molecule has 4 heterocycles. The van der Waals surface area contributed by atoms with Crippen LogP contribution in [0, 0.1) is 5.82 Å². The standard InChI is InChI=1S/C32H37ClFN7O4/c1-3-32(42)38-25-17-26(29(43-2)18-28(25)40-9-6-22(7-10-40)39-11-14-44-15-12-39)37-30-19-31(36-20-35-30)41-27(8-13-45-41)23-5-4-21(33)16-24(23)34/h3-5,16-20,22,27H,1,6-15H2,2H3,(H,38,42)(H,35,36,37). The maximum Gasteiger partial charge on any atom is 0.247 e. The fourth-order valence-electron chi connectivity index (χ4n) is 6.22. The van der Waals surface area contributed by atoms with Crippen molar-refractivity contribution in [2.75, 3.05) is 73.7 Å². The Kier molecular flexibility index (Phi) is 9.64. The number of piperidine rings is 1. The SMILES string of the molecule is C=CC(=O)Nc1cc(Nc2cc(N3OCCC3c3ccc(Cl)cc3F)ncn2)c(OC)cc1N1CCC(N2CCOCC2)CC1. The number of morpholine rings is 1. The zero-order valence-electron chi connectivity index (χ0n) is 25.2. The van der Waals surface area contributed by atoms with Crippen LogP contribution in [0.1, 0.15) is 30.9 Å². The zero-order valence-corrected chi connectivity index (χ0v) is 25.9. The molecule has 1 amide bonds. The number of hydrogen-bond donors (Lipinski definition) is 2. The normalized spacial score (nSPS) is 19.4. The van der Waals surface area contributed by atoms with Crippen molar-refractivity contribution in [3.05, 3.63) is 71.8 Å². The lowest BCUT2D eigenvalue weighted by molar-refractivity contribution is -0.111. The van der Waals surface area contributed by atoms with Gasteiger partial charge in [0.2, 0.25) is 5.91 Å². The molecule has 3 fully saturated rings. The van der Waals surface area contributed by atoms with E-state index in [1.807, 2.05) is 12.1 Å². The number of nitrogens with one attached hydrogen (secondary N) is 2. The summed E-state index contributed by atoms with van der Waals surface area (Å²) in [5.41, 5.74) is 2.56. The van der Waals surface area contributed by atoms with Crippen LogP contribution in [0.4, 0.5) is 33.1 Å². The lowest BCUT2D eigenvalue weighted by Gasteiger charge is -2.41. The van der Waals surface area contributed by atoms with E-state index in [1.54, 1.807) is 30.4 Å². The van der Waals surface area contributed by atoms with Gasteiger partial charge < -0.3 is 25.0 Å². The molecule has 0 saturated carbocycles. The lowest BCUT2D eigenvalue weighted by atomic mass is 10.0. The van der Waals surface area contributed by atoms with Crippen molar-refractivity contribution in [2.45, 2.75) is 31.3 Å². The highest BCUT2D eigenvalue weighted by Gasteiger charge is 2.32. The molecule has 1 unspecified atom stereocenters. The summed E-state index contributed by atoms with van der Waals surface area (Å²) in [6, 6.07) is 10.2. The highest BCUT2D eigenvalue weighted by molar-refractivity contribution is 6.30. The molecule has 11 nitrogen and oxygen atoms in total. The number of benzene rings is 2. The van der Waals surface area contributed by atoms with Gasteiger partial charge in [-0.2, -0.15) is 0 Å². The van der Waals surface area contributed by atoms with Crippen molar-refractivity contribution in [3.8, 4) is 5.75 Å². The number of anilines is 5. The largest absolute Gasteiger partial charge is 0.494 e. The molecule has 0 spiro atoms. The Morgan fingerprint density at radius 1 is 1.07 bits per heavy atom. The first-order valence-electron chi connectivity index (χ1n) is 15.1. The molecule has 45 heavy (non-hydrogen) atoms. The van der Waals surface area contributed by atoms with E-state index in [2.05, 4.69) is 37.0 Å². The second kappa shape index (κ2) is 14.0. The number of carbonyl (C=O) groups is 1. The Morgan fingerprint density at radius 3 is 2.60 bits per heavy atom. The number of halogens is 2. The Labute approximate surface area is 266 Å². The molecule has 3 aliphatic rings. The summed E-state index contributed by atoms with van der Waals surface area (Å²) in [6.07, 6.45) is 5.27. The predicted molar refractivity (Wildman–Crippen MR) is 172 cm³/mol. The van der Waals surface area contributed by atoms with Gasteiger partial charge >= 0.3 is 0 Å². The van der Waals surface area contributed by atoms with Crippen LogP contribution >= 0.6 is 11.6 Å². The first-order valence-corrected chi connectivity index (χ1v) is 15.5. The van der Waals surface area contributed by atoms with Gasteiger partial charge in [0.25, 0.3) is 0 Å². The van der Waals surface area contributed by atoms with Crippen molar-refractivity contribution in [1.29, 1.82) is 0 Å². The molecule has 3 aliphatic heterocycles. The Hall–Kier alpha value is -3.97. The molecule has 3 aromatic rings. The topological polar surface area (TPSA) is 104 Å². The Balaban J connectivity index is 1.24. The van der Waals surface area contributed by atoms with E-state index in [1.165, 1.54) is 18.5 Å². The van der Waals surface area contributed by atoms with Gasteiger partial charge in [-0.05, 0) is 37.1 Å². The van der Waals surface area contributed by atoms with Gasteiger partial charge in [0, 0.05) is 61.4 Å². The van der Waals surface area contributed by atoms with Gasteiger partial charge in [-0.1, -0.05) is 24.2 Å². The number of aromatic nitrogens is 2. The maximum atomic E-state index is 14.8. The molecule has 238 valence electrons. The number of carbonyl (C=O) groups excluding carboxylic acids is 1. The van der Waals surface area contributed by atoms with E-state index >= 15 is 0 Å². The summed E-state index contributed by atoms with van der Waals surface area (Å²) in [5.74, 6) is 0.786. The summed E-state index contributed by atoms with van der Waals surface area (Å²) in [5, 5.41) is 8.20. The number of hydrogen-bond acceptors (Lipinski definition) is 10. The number of amides is 1. The summed E-state index contributed by atoms with van der Waals surface area (Å²) in [4.78, 5) is 32.0. The van der Waals surface area contributed by atoms with Crippen LogP contribution < -0.4 is 25.3 Å². The molecule has 2 N–H and O–H groups in total. The number of rotatable bonds is 9. The molecule has 13 heteroatoms. The second-order valence-electron chi connectivity index (χ2n) is 11.1. The molecule has 0 radical (unpaired) electrons. The molecule has 1 aromatic heterocycles. The van der Waals surface area contributed by atoms with Gasteiger partial charge in [-0.15, -0.1) is 0 Å². The van der Waals surface area contributed by atoms with E-state index < -0.39 is 5.82 Å². The van der Waals surface area contributed by atoms with Crippen LogP contribution in [0.5, 0.6) is 5.75 Å². The van der Waals surface area contributed by atoms with Gasteiger partial charge in [0.15, 0.2) is 5.82 Å². The fraction of sp³-hybridized carbons (Fsp3) is 0.406. The zero-order chi connectivity index (χ0) is 31.3. The number of hydroxylamine groups is 1. The van der Waals surface area contributed by atoms with Crippen molar-refractivity contribution < 1.29 is 23.5 Å². The average molecular weight is 638 g/mol. The highest BCUT2D eigenvalue weighted by Crippen LogP contribution is 2.41. The summed E-state index contributed by atoms with van der Waals surface area (Å²) < 4.78 is 26.1. The minimum atomic E-state index is -0.403. The van der Waals surface area contributed by atoms with E-state index in [-0.39, 0.29) is 11.9 Å². The van der Waals surface area contributed by atoms with Crippen LogP contribution in [0.15, 0.2) is 55.4 Å². The third-order valence-corrected chi connectivity index (χ3v) is 8.73. The molecule has 2 aromatic carbocycles. The molecule has 6 rings (SSSR count). The first-order chi connectivity index (χ1) is 21.9. The molecule has 0 aliphatic carbocycles. The molecule has 1 atom stereocenters. The van der Waals surface area contributed by atoms with E-state index in [0.717, 1.165) is 57.9 Å². The molecule has 0 bridgehead atoms. The van der Waals surface area contributed by atoms with E-state index in [4.69, 9.17) is 25.9 Å². The van der Waals surface area contributed by atoms with Gasteiger partial charge in [0.05, 0.1) is 50.0 Å². The van der Waals surface area contributed by atoms with Crippen LogP contribution in [-0.2, 0) is 14.4 Å². The minimum absolute atomic E-state index is 0.313. The number of methoxy groups -OCH3 is 1.